The zero-order valence-corrected chi connectivity index (χ0v) is 16.7. The fraction of sp³-hybridized carbons (Fsp3) is 0.174. The van der Waals surface area contributed by atoms with Crippen molar-refractivity contribution in [2.24, 2.45) is 5.92 Å². The van der Waals surface area contributed by atoms with Gasteiger partial charge in [0.15, 0.2) is 0 Å². The number of urea groups is 1. The number of carbonyl (C=O) groups is 1. The molecule has 0 aliphatic heterocycles. The Balaban J connectivity index is 0.00000385. The number of anilines is 1. The molecule has 0 bridgehead atoms. The van der Waals surface area contributed by atoms with Gasteiger partial charge in [-0.25, -0.2) is 13.6 Å². The molecule has 0 fully saturated rings. The highest BCUT2D eigenvalue weighted by Crippen LogP contribution is 2.32. The van der Waals surface area contributed by atoms with Gasteiger partial charge in [-0.15, -0.1) is 0 Å². The summed E-state index contributed by atoms with van der Waals surface area (Å²) in [6, 6.07) is 10.1. The second-order valence-electron chi connectivity index (χ2n) is 7.12. The lowest BCUT2D eigenvalue weighted by Crippen LogP contribution is -2.39. The third-order valence-corrected chi connectivity index (χ3v) is 4.76. The van der Waals surface area contributed by atoms with Crippen molar-refractivity contribution in [3.63, 3.8) is 0 Å². The number of halogens is 5. The Labute approximate surface area is 186 Å². The lowest BCUT2D eigenvalue weighted by molar-refractivity contribution is -0.160. The van der Waals surface area contributed by atoms with Crippen LogP contribution in [0.3, 0.4) is 0 Å². The molecule has 1 aliphatic carbocycles. The van der Waals surface area contributed by atoms with E-state index in [1.165, 1.54) is 18.2 Å². The van der Waals surface area contributed by atoms with Gasteiger partial charge in [0, 0.05) is 21.7 Å². The van der Waals surface area contributed by atoms with Gasteiger partial charge in [0.25, 0.3) is 0 Å². The molecule has 0 saturated heterocycles. The Morgan fingerprint density at radius 2 is 1.81 bits per heavy atom. The molecule has 4 nitrogen and oxygen atoms in total. The quantitative estimate of drug-likeness (QED) is 0.425. The van der Waals surface area contributed by atoms with E-state index in [4.69, 9.17) is 0 Å². The molecule has 1 aliphatic rings. The standard InChI is InChI=1S/C23H20F5N3O.3H2/c1-14(29-20-12-9-17(24)13-19(20)25)21(15-5-3-2-4-6-15)31-22(32)30-18-10-7-16(8-11-18)23(26,27)28;;;/h2-7,9-13,16,21,29H,1,8H2,(H2,30,31,32);3*1H/t16?,21-;;;/m0.../s1. The van der Waals surface area contributed by atoms with Crippen LogP contribution in [0.4, 0.5) is 32.4 Å². The van der Waals surface area contributed by atoms with Gasteiger partial charge in [0.2, 0.25) is 0 Å². The molecule has 2 amide bonds. The van der Waals surface area contributed by atoms with Gasteiger partial charge >= 0.3 is 12.2 Å². The van der Waals surface area contributed by atoms with Crippen molar-refractivity contribution in [1.29, 1.82) is 0 Å². The van der Waals surface area contributed by atoms with Crippen molar-refractivity contribution in [2.75, 3.05) is 5.32 Å². The first kappa shape index (κ1) is 23.1. The maximum atomic E-state index is 14.0. The van der Waals surface area contributed by atoms with E-state index in [0.717, 1.165) is 12.1 Å². The molecule has 3 rings (SSSR count). The average molecular weight is 455 g/mol. The van der Waals surface area contributed by atoms with E-state index in [-0.39, 0.29) is 27.8 Å². The maximum Gasteiger partial charge on any atom is 0.395 e. The summed E-state index contributed by atoms with van der Waals surface area (Å²) >= 11 is 0. The molecule has 9 heteroatoms. The fourth-order valence-electron chi connectivity index (χ4n) is 3.11. The molecule has 0 spiro atoms. The third kappa shape index (κ3) is 5.96. The SMILES string of the molecule is C=C(Nc1ccc(F)cc1F)[C@H](NC(=O)NC1=CCC(C(F)(F)F)C=C1)c1ccccc1.[HH].[HH].[HH]. The fourth-order valence-corrected chi connectivity index (χ4v) is 3.11. The van der Waals surface area contributed by atoms with Crippen LogP contribution in [0, 0.1) is 17.6 Å². The Morgan fingerprint density at radius 3 is 2.41 bits per heavy atom. The number of hydrogen-bond donors (Lipinski definition) is 3. The van der Waals surface area contributed by atoms with Crippen molar-refractivity contribution < 1.29 is 31.0 Å². The molecular formula is C23H26F5N3O. The molecule has 3 N–H and O–H groups in total. The molecule has 0 aromatic heterocycles. The molecule has 32 heavy (non-hydrogen) atoms. The summed E-state index contributed by atoms with van der Waals surface area (Å²) in [6.45, 7) is 3.86. The predicted molar refractivity (Wildman–Crippen MR) is 118 cm³/mol. The van der Waals surface area contributed by atoms with Crippen LogP contribution in [-0.2, 0) is 0 Å². The lowest BCUT2D eigenvalue weighted by atomic mass is 9.99. The highest BCUT2D eigenvalue weighted by Gasteiger charge is 2.37. The van der Waals surface area contributed by atoms with E-state index in [1.54, 1.807) is 30.3 Å². The van der Waals surface area contributed by atoms with Crippen LogP contribution in [0.15, 0.2) is 84.7 Å². The Kier molecular flexibility index (Phi) is 6.97. The summed E-state index contributed by atoms with van der Waals surface area (Å²) in [7, 11) is 0. The normalized spacial score (nSPS) is 16.7. The Morgan fingerprint density at radius 1 is 1.09 bits per heavy atom. The minimum atomic E-state index is -4.35. The molecule has 2 aromatic carbocycles. The molecular weight excluding hydrogens is 429 g/mol. The third-order valence-electron chi connectivity index (χ3n) is 4.76. The van der Waals surface area contributed by atoms with E-state index in [2.05, 4.69) is 22.5 Å². The number of carbonyl (C=O) groups excluding carboxylic acids is 1. The number of benzene rings is 2. The van der Waals surface area contributed by atoms with E-state index in [9.17, 15) is 26.7 Å². The van der Waals surface area contributed by atoms with Crippen LogP contribution in [0.1, 0.15) is 22.3 Å². The zero-order valence-electron chi connectivity index (χ0n) is 16.7. The Hall–Kier alpha value is -3.62. The smallest absolute Gasteiger partial charge is 0.355 e. The minimum Gasteiger partial charge on any atom is -0.355 e. The first-order chi connectivity index (χ1) is 15.1. The van der Waals surface area contributed by atoms with Gasteiger partial charge in [0.1, 0.15) is 11.6 Å². The van der Waals surface area contributed by atoms with Crippen LogP contribution < -0.4 is 16.0 Å². The molecule has 2 aromatic rings. The first-order valence-electron chi connectivity index (χ1n) is 9.62. The highest BCUT2D eigenvalue weighted by molar-refractivity contribution is 5.77. The van der Waals surface area contributed by atoms with Crippen molar-refractivity contribution in [2.45, 2.75) is 18.6 Å². The molecule has 2 atom stereocenters. The van der Waals surface area contributed by atoms with Crippen molar-refractivity contribution >= 4 is 11.7 Å². The summed E-state index contributed by atoms with van der Waals surface area (Å²) in [5.74, 6) is -3.17. The van der Waals surface area contributed by atoms with Gasteiger partial charge < -0.3 is 16.0 Å². The summed E-state index contributed by atoms with van der Waals surface area (Å²) in [6.07, 6.45) is -1.16. The van der Waals surface area contributed by atoms with Crippen molar-refractivity contribution in [1.82, 2.24) is 10.6 Å². The minimum absolute atomic E-state index is 0. The van der Waals surface area contributed by atoms with Crippen molar-refractivity contribution in [3.05, 3.63) is 102 Å². The number of nitrogens with one attached hydrogen (secondary N) is 3. The van der Waals surface area contributed by atoms with Gasteiger partial charge in [-0.05, 0) is 30.2 Å². The molecule has 1 unspecified atom stereocenters. The summed E-state index contributed by atoms with van der Waals surface area (Å²) in [5.41, 5.74) is 1.00. The second-order valence-corrected chi connectivity index (χ2v) is 7.12. The van der Waals surface area contributed by atoms with Crippen LogP contribution in [0.5, 0.6) is 0 Å². The molecule has 0 radical (unpaired) electrons. The van der Waals surface area contributed by atoms with Crippen LogP contribution in [0.25, 0.3) is 0 Å². The molecule has 174 valence electrons. The van der Waals surface area contributed by atoms with Gasteiger partial charge in [-0.2, -0.15) is 13.2 Å². The summed E-state index contributed by atoms with van der Waals surface area (Å²) in [5, 5.41) is 7.90. The largest absolute Gasteiger partial charge is 0.395 e. The second kappa shape index (κ2) is 9.67. The zero-order chi connectivity index (χ0) is 23.3. The first-order valence-corrected chi connectivity index (χ1v) is 9.62. The van der Waals surface area contributed by atoms with E-state index >= 15 is 0 Å². The van der Waals surface area contributed by atoms with E-state index in [0.29, 0.717) is 11.6 Å². The van der Waals surface area contributed by atoms with E-state index < -0.39 is 35.8 Å². The molecule has 0 heterocycles. The monoisotopic (exact) mass is 455 g/mol. The maximum absolute atomic E-state index is 14.0. The number of allylic oxidation sites excluding steroid dienone is 3. The van der Waals surface area contributed by atoms with Gasteiger partial charge in [-0.3, -0.25) is 0 Å². The van der Waals surface area contributed by atoms with E-state index in [1.807, 2.05) is 0 Å². The number of rotatable bonds is 6. The van der Waals surface area contributed by atoms with Gasteiger partial charge in [-0.1, -0.05) is 49.1 Å². The predicted octanol–water partition coefficient (Wildman–Crippen LogP) is 6.69. The Bertz CT molecular complexity index is 1060. The highest BCUT2D eigenvalue weighted by atomic mass is 19.4. The van der Waals surface area contributed by atoms with Crippen LogP contribution >= 0.6 is 0 Å². The van der Waals surface area contributed by atoms with Crippen LogP contribution in [0.2, 0.25) is 0 Å². The molecule has 0 saturated carbocycles. The summed E-state index contributed by atoms with van der Waals surface area (Å²) in [4.78, 5) is 12.5. The lowest BCUT2D eigenvalue weighted by Gasteiger charge is -2.24. The van der Waals surface area contributed by atoms with Gasteiger partial charge in [0.05, 0.1) is 17.6 Å². The number of hydrogen-bond acceptors (Lipinski definition) is 2. The van der Waals surface area contributed by atoms with Crippen LogP contribution in [-0.4, -0.2) is 12.2 Å². The number of alkyl halides is 3. The topological polar surface area (TPSA) is 53.2 Å². The number of amides is 2. The average Bonchev–Trinajstić information content (AvgIpc) is 2.74. The van der Waals surface area contributed by atoms with Crippen molar-refractivity contribution in [3.8, 4) is 0 Å². The summed E-state index contributed by atoms with van der Waals surface area (Å²) < 4.78 is 65.5.